The lowest BCUT2D eigenvalue weighted by atomic mass is 10.1. The summed E-state index contributed by atoms with van der Waals surface area (Å²) < 4.78 is 0. The number of anilines is 1. The summed E-state index contributed by atoms with van der Waals surface area (Å²) in [5.74, 6) is 0. The second-order valence-electron chi connectivity index (χ2n) is 4.67. The van der Waals surface area contributed by atoms with Crippen molar-refractivity contribution in [2.45, 2.75) is 6.04 Å². The van der Waals surface area contributed by atoms with Crippen LogP contribution < -0.4 is 16.0 Å². The van der Waals surface area contributed by atoms with Gasteiger partial charge >= 0.3 is 6.03 Å². The summed E-state index contributed by atoms with van der Waals surface area (Å²) in [6.45, 7) is 1.73. The van der Waals surface area contributed by atoms with Crippen molar-refractivity contribution in [1.29, 1.82) is 0 Å². The number of hydrogen-bond acceptors (Lipinski definition) is 3. The summed E-state index contributed by atoms with van der Waals surface area (Å²) in [5, 5.41) is 2.86. The Balaban J connectivity index is 2.17. The van der Waals surface area contributed by atoms with Crippen molar-refractivity contribution < 1.29 is 4.79 Å². The van der Waals surface area contributed by atoms with Crippen LogP contribution >= 0.6 is 0 Å². The molecule has 0 bridgehead atoms. The highest BCUT2D eigenvalue weighted by Gasteiger charge is 2.30. The highest BCUT2D eigenvalue weighted by atomic mass is 16.2. The average molecular weight is 248 g/mol. The topological polar surface area (TPSA) is 61.6 Å². The van der Waals surface area contributed by atoms with Crippen molar-refractivity contribution in [2.24, 2.45) is 5.73 Å². The van der Waals surface area contributed by atoms with Crippen LogP contribution in [0, 0.1) is 0 Å². The zero-order chi connectivity index (χ0) is 13.1. The minimum Gasteiger partial charge on any atom is -0.378 e. The first-order valence-electron chi connectivity index (χ1n) is 6.15. The predicted octanol–water partition coefficient (Wildman–Crippen LogP) is 0.778. The van der Waals surface area contributed by atoms with Crippen molar-refractivity contribution in [2.75, 3.05) is 38.6 Å². The van der Waals surface area contributed by atoms with Gasteiger partial charge in [0.25, 0.3) is 0 Å². The SMILES string of the molecule is CN(C)c1ccc(C2CNC(=O)N2CCN)cc1. The fourth-order valence-electron chi connectivity index (χ4n) is 2.23. The lowest BCUT2D eigenvalue weighted by Crippen LogP contribution is -2.34. The molecule has 5 heteroatoms. The Bertz CT molecular complexity index is 416. The van der Waals surface area contributed by atoms with Crippen LogP contribution in [0.5, 0.6) is 0 Å². The Morgan fingerprint density at radius 2 is 2.06 bits per heavy atom. The molecule has 0 radical (unpaired) electrons. The molecule has 1 aliphatic rings. The molecule has 5 nitrogen and oxygen atoms in total. The molecular formula is C13H20N4O. The lowest BCUT2D eigenvalue weighted by molar-refractivity contribution is 0.206. The molecule has 2 rings (SSSR count). The summed E-state index contributed by atoms with van der Waals surface area (Å²) in [6.07, 6.45) is 0. The van der Waals surface area contributed by atoms with Crippen LogP contribution in [0.2, 0.25) is 0 Å². The highest BCUT2D eigenvalue weighted by Crippen LogP contribution is 2.25. The molecule has 3 N–H and O–H groups in total. The van der Waals surface area contributed by atoms with Crippen LogP contribution in [0.1, 0.15) is 11.6 Å². The number of rotatable bonds is 4. The van der Waals surface area contributed by atoms with E-state index in [4.69, 9.17) is 5.73 Å². The largest absolute Gasteiger partial charge is 0.378 e. The Labute approximate surface area is 108 Å². The van der Waals surface area contributed by atoms with Crippen LogP contribution in [0.3, 0.4) is 0 Å². The number of nitrogens with two attached hydrogens (primary N) is 1. The third kappa shape index (κ3) is 2.41. The lowest BCUT2D eigenvalue weighted by Gasteiger charge is -2.23. The molecule has 1 saturated heterocycles. The quantitative estimate of drug-likeness (QED) is 0.827. The van der Waals surface area contributed by atoms with Gasteiger partial charge < -0.3 is 20.9 Å². The molecule has 0 aliphatic carbocycles. The smallest absolute Gasteiger partial charge is 0.318 e. The molecular weight excluding hydrogens is 228 g/mol. The standard InChI is InChI=1S/C13H20N4O/c1-16(2)11-5-3-10(4-6-11)12-9-15-13(18)17(12)8-7-14/h3-6,12H,7-9,14H2,1-2H3,(H,15,18). The normalized spacial score (nSPS) is 18.9. The van der Waals surface area contributed by atoms with E-state index in [1.54, 1.807) is 4.90 Å². The molecule has 1 aromatic carbocycles. The first-order chi connectivity index (χ1) is 8.63. The molecule has 1 unspecified atom stereocenters. The zero-order valence-electron chi connectivity index (χ0n) is 10.9. The van der Waals surface area contributed by atoms with Crippen molar-refractivity contribution in [3.8, 4) is 0 Å². The second-order valence-corrected chi connectivity index (χ2v) is 4.67. The highest BCUT2D eigenvalue weighted by molar-refractivity contribution is 5.77. The van der Waals surface area contributed by atoms with Crippen molar-refractivity contribution >= 4 is 11.7 Å². The van der Waals surface area contributed by atoms with Gasteiger partial charge in [-0.15, -0.1) is 0 Å². The maximum atomic E-state index is 11.7. The van der Waals surface area contributed by atoms with Gasteiger partial charge in [0.05, 0.1) is 6.04 Å². The minimum atomic E-state index is -0.0258. The number of amides is 2. The average Bonchev–Trinajstić information content (AvgIpc) is 2.72. The van der Waals surface area contributed by atoms with Gasteiger partial charge in [-0.25, -0.2) is 4.79 Å². The maximum Gasteiger partial charge on any atom is 0.318 e. The summed E-state index contributed by atoms with van der Waals surface area (Å²) in [6, 6.07) is 8.35. The zero-order valence-corrected chi connectivity index (χ0v) is 10.9. The van der Waals surface area contributed by atoms with E-state index >= 15 is 0 Å². The van der Waals surface area contributed by atoms with Gasteiger partial charge in [0.2, 0.25) is 0 Å². The van der Waals surface area contributed by atoms with E-state index in [1.165, 1.54) is 0 Å². The van der Waals surface area contributed by atoms with Crippen LogP contribution in [0.15, 0.2) is 24.3 Å². The van der Waals surface area contributed by atoms with Crippen LogP contribution in [0.4, 0.5) is 10.5 Å². The summed E-state index contributed by atoms with van der Waals surface area (Å²) in [5.41, 5.74) is 7.85. The monoisotopic (exact) mass is 248 g/mol. The number of hydrogen-bond donors (Lipinski definition) is 2. The van der Waals surface area contributed by atoms with E-state index in [1.807, 2.05) is 14.1 Å². The molecule has 0 spiro atoms. The van der Waals surface area contributed by atoms with Crippen LogP contribution in [-0.4, -0.2) is 44.7 Å². The Hall–Kier alpha value is -1.75. The Kier molecular flexibility index (Phi) is 3.72. The number of benzene rings is 1. The van der Waals surface area contributed by atoms with Gasteiger partial charge in [-0.2, -0.15) is 0 Å². The van der Waals surface area contributed by atoms with Gasteiger partial charge in [0, 0.05) is 39.4 Å². The van der Waals surface area contributed by atoms with E-state index in [0.717, 1.165) is 11.3 Å². The molecule has 1 heterocycles. The third-order valence-corrected chi connectivity index (χ3v) is 3.25. The molecule has 1 aliphatic heterocycles. The van der Waals surface area contributed by atoms with Crippen LogP contribution in [0.25, 0.3) is 0 Å². The van der Waals surface area contributed by atoms with Crippen molar-refractivity contribution in [1.82, 2.24) is 10.2 Å². The maximum absolute atomic E-state index is 11.7. The summed E-state index contributed by atoms with van der Waals surface area (Å²) in [7, 11) is 4.02. The second kappa shape index (κ2) is 5.27. The molecule has 0 saturated carbocycles. The molecule has 18 heavy (non-hydrogen) atoms. The molecule has 2 amide bonds. The van der Waals surface area contributed by atoms with E-state index in [0.29, 0.717) is 19.6 Å². The molecule has 1 atom stereocenters. The number of nitrogens with one attached hydrogen (secondary N) is 1. The molecule has 0 aromatic heterocycles. The van der Waals surface area contributed by atoms with Crippen molar-refractivity contribution in [3.63, 3.8) is 0 Å². The minimum absolute atomic E-state index is 0.0258. The Morgan fingerprint density at radius 3 is 2.61 bits per heavy atom. The number of urea groups is 1. The van der Waals surface area contributed by atoms with E-state index in [2.05, 4.69) is 34.5 Å². The first kappa shape index (κ1) is 12.7. The molecule has 98 valence electrons. The summed E-state index contributed by atoms with van der Waals surface area (Å²) in [4.78, 5) is 15.5. The number of nitrogens with zero attached hydrogens (tertiary/aromatic N) is 2. The van der Waals surface area contributed by atoms with Gasteiger partial charge in [-0.3, -0.25) is 0 Å². The predicted molar refractivity (Wildman–Crippen MR) is 72.7 cm³/mol. The van der Waals surface area contributed by atoms with E-state index in [9.17, 15) is 4.79 Å². The third-order valence-electron chi connectivity index (χ3n) is 3.25. The van der Waals surface area contributed by atoms with E-state index in [-0.39, 0.29) is 12.1 Å². The number of carbonyl (C=O) groups is 1. The van der Waals surface area contributed by atoms with Crippen molar-refractivity contribution in [3.05, 3.63) is 29.8 Å². The van der Waals surface area contributed by atoms with Gasteiger partial charge in [-0.05, 0) is 17.7 Å². The fourth-order valence-corrected chi connectivity index (χ4v) is 2.23. The fraction of sp³-hybridized carbons (Fsp3) is 0.462. The Morgan fingerprint density at radius 1 is 1.39 bits per heavy atom. The van der Waals surface area contributed by atoms with E-state index < -0.39 is 0 Å². The number of carbonyl (C=O) groups excluding carboxylic acids is 1. The van der Waals surface area contributed by atoms with Crippen LogP contribution in [-0.2, 0) is 0 Å². The van der Waals surface area contributed by atoms with Gasteiger partial charge in [-0.1, -0.05) is 12.1 Å². The summed E-state index contributed by atoms with van der Waals surface area (Å²) >= 11 is 0. The molecule has 1 aromatic rings. The van der Waals surface area contributed by atoms with Gasteiger partial charge in [0.1, 0.15) is 0 Å². The van der Waals surface area contributed by atoms with Gasteiger partial charge in [0.15, 0.2) is 0 Å². The molecule has 1 fully saturated rings. The first-order valence-corrected chi connectivity index (χ1v) is 6.15.